The van der Waals surface area contributed by atoms with Crippen molar-refractivity contribution >= 4 is 17.9 Å². The molecule has 0 fully saturated rings. The Morgan fingerprint density at radius 1 is 0.304 bits per heavy atom. The van der Waals surface area contributed by atoms with Gasteiger partial charge in [0.2, 0.25) is 0 Å². The average molecular weight is 964 g/mol. The van der Waals surface area contributed by atoms with Crippen LogP contribution in [0.25, 0.3) is 0 Å². The molecule has 0 heterocycles. The maximum Gasteiger partial charge on any atom is 0.306 e. The number of hydrogen-bond acceptors (Lipinski definition) is 6. The van der Waals surface area contributed by atoms with E-state index in [0.717, 1.165) is 109 Å². The summed E-state index contributed by atoms with van der Waals surface area (Å²) in [6.07, 6.45) is 73.2. The molecule has 0 aromatic rings. The molecule has 398 valence electrons. The molecule has 0 rings (SSSR count). The van der Waals surface area contributed by atoms with Crippen LogP contribution in [-0.4, -0.2) is 37.2 Å². The molecule has 0 spiro atoms. The van der Waals surface area contributed by atoms with Crippen molar-refractivity contribution in [1.29, 1.82) is 0 Å². The first-order valence-electron chi connectivity index (χ1n) is 29.4. The second-order valence-electron chi connectivity index (χ2n) is 19.5. The first-order chi connectivity index (χ1) is 34.0. The third kappa shape index (κ3) is 55.6. The van der Waals surface area contributed by atoms with Gasteiger partial charge in [0.25, 0.3) is 0 Å². The number of carbonyl (C=O) groups is 3. The van der Waals surface area contributed by atoms with Gasteiger partial charge in [-0.15, -0.1) is 0 Å². The monoisotopic (exact) mass is 963 g/mol. The van der Waals surface area contributed by atoms with Crippen molar-refractivity contribution in [2.24, 2.45) is 0 Å². The zero-order valence-corrected chi connectivity index (χ0v) is 45.6. The van der Waals surface area contributed by atoms with Gasteiger partial charge in [0, 0.05) is 19.3 Å². The fourth-order valence-electron chi connectivity index (χ4n) is 8.33. The Morgan fingerprint density at radius 3 is 0.884 bits per heavy atom. The number of hydrogen-bond donors (Lipinski definition) is 0. The molecule has 1 atom stereocenters. The van der Waals surface area contributed by atoms with Crippen LogP contribution in [0.3, 0.4) is 0 Å². The molecule has 0 aliphatic heterocycles. The molecule has 0 aromatic heterocycles. The van der Waals surface area contributed by atoms with Crippen molar-refractivity contribution in [3.8, 4) is 0 Å². The summed E-state index contributed by atoms with van der Waals surface area (Å²) in [5.74, 6) is -0.894. The van der Waals surface area contributed by atoms with Crippen LogP contribution >= 0.6 is 0 Å². The highest BCUT2D eigenvalue weighted by Crippen LogP contribution is 2.16. The van der Waals surface area contributed by atoms with Gasteiger partial charge in [0.05, 0.1) is 0 Å². The quantitative estimate of drug-likeness (QED) is 0.0262. The number of ether oxygens (including phenoxy) is 3. The van der Waals surface area contributed by atoms with Gasteiger partial charge in [-0.05, 0) is 70.6 Å². The molecular weight excluding hydrogens is 853 g/mol. The summed E-state index contributed by atoms with van der Waals surface area (Å²) in [6.45, 7) is 6.53. The van der Waals surface area contributed by atoms with Gasteiger partial charge in [-0.25, -0.2) is 0 Å². The summed E-state index contributed by atoms with van der Waals surface area (Å²) in [5, 5.41) is 0. The Kier molecular flexibility index (Phi) is 54.8. The predicted molar refractivity (Wildman–Crippen MR) is 298 cm³/mol. The fourth-order valence-corrected chi connectivity index (χ4v) is 8.33. The molecule has 0 aromatic carbocycles. The molecule has 0 radical (unpaired) electrons. The summed E-state index contributed by atoms with van der Waals surface area (Å²) in [6, 6.07) is 0. The SMILES string of the molecule is CC/C=C\C/C=C\C/C=C\C/C=C\C/C=C\C/C=C\CCCCCCC(=O)OCC(COC(=O)CCCCCCCCCCCCC)OC(=O)CCCCCCCCCCCCCCCCCCC. The van der Waals surface area contributed by atoms with E-state index in [0.29, 0.717) is 19.3 Å². The second kappa shape index (κ2) is 57.4. The zero-order chi connectivity index (χ0) is 50.0. The predicted octanol–water partition coefficient (Wildman–Crippen LogP) is 19.8. The number of esters is 3. The Bertz CT molecular complexity index is 1290. The molecule has 0 N–H and O–H groups in total. The van der Waals surface area contributed by atoms with E-state index in [1.165, 1.54) is 141 Å². The molecule has 0 amide bonds. The Balaban J connectivity index is 4.35. The van der Waals surface area contributed by atoms with E-state index < -0.39 is 6.10 Å². The third-order valence-electron chi connectivity index (χ3n) is 12.7. The third-order valence-corrected chi connectivity index (χ3v) is 12.7. The van der Waals surface area contributed by atoms with E-state index in [-0.39, 0.29) is 31.1 Å². The highest BCUT2D eigenvalue weighted by Gasteiger charge is 2.19. The van der Waals surface area contributed by atoms with Crippen molar-refractivity contribution in [3.63, 3.8) is 0 Å². The van der Waals surface area contributed by atoms with Crippen LogP contribution in [0.1, 0.15) is 290 Å². The number of rotatable bonds is 53. The number of carbonyl (C=O) groups excluding carboxylic acids is 3. The topological polar surface area (TPSA) is 78.9 Å². The van der Waals surface area contributed by atoms with Gasteiger partial charge in [0.1, 0.15) is 13.2 Å². The van der Waals surface area contributed by atoms with E-state index >= 15 is 0 Å². The molecule has 0 bridgehead atoms. The lowest BCUT2D eigenvalue weighted by molar-refractivity contribution is -0.167. The first-order valence-corrected chi connectivity index (χ1v) is 29.4. The molecule has 1 unspecified atom stereocenters. The van der Waals surface area contributed by atoms with Crippen molar-refractivity contribution in [3.05, 3.63) is 72.9 Å². The van der Waals surface area contributed by atoms with E-state index in [2.05, 4.69) is 93.7 Å². The van der Waals surface area contributed by atoms with Crippen molar-refractivity contribution in [1.82, 2.24) is 0 Å². The minimum atomic E-state index is -0.782. The molecule has 0 saturated heterocycles. The lowest BCUT2D eigenvalue weighted by atomic mass is 10.0. The molecule has 6 heteroatoms. The molecule has 0 aliphatic carbocycles. The molecule has 6 nitrogen and oxygen atoms in total. The Labute approximate surface area is 427 Å². The standard InChI is InChI=1S/C63H110O6/c1-4-7-10-13-16-19-22-24-26-28-29-30-31-32-33-35-36-38-41-44-47-50-53-56-62(65)68-59-60(58-67-61(64)55-52-49-46-43-40-21-18-15-12-9-6-3)69-63(66)57-54-51-48-45-42-39-37-34-27-25-23-20-17-14-11-8-5-2/h7,10,16,19,24,26,29-30,32-33,36,38,60H,4-6,8-9,11-15,17-18,20-23,25,27-28,31,34-35,37,39-59H2,1-3H3/b10-7-,19-16-,26-24-,30-29-,33-32-,38-36-. The Hall–Kier alpha value is -3.15. The van der Waals surface area contributed by atoms with Crippen LogP contribution in [-0.2, 0) is 28.6 Å². The number of unbranched alkanes of at least 4 members (excludes halogenated alkanes) is 30. The lowest BCUT2D eigenvalue weighted by Crippen LogP contribution is -2.30. The summed E-state index contributed by atoms with van der Waals surface area (Å²) in [7, 11) is 0. The van der Waals surface area contributed by atoms with Crippen LogP contribution in [0, 0.1) is 0 Å². The summed E-state index contributed by atoms with van der Waals surface area (Å²) in [4.78, 5) is 38.1. The maximum absolute atomic E-state index is 12.9. The van der Waals surface area contributed by atoms with Crippen LogP contribution in [0.4, 0.5) is 0 Å². The van der Waals surface area contributed by atoms with Crippen molar-refractivity contribution in [2.45, 2.75) is 297 Å². The van der Waals surface area contributed by atoms with Crippen molar-refractivity contribution in [2.75, 3.05) is 13.2 Å². The minimum absolute atomic E-state index is 0.0798. The lowest BCUT2D eigenvalue weighted by Gasteiger charge is -2.18. The van der Waals surface area contributed by atoms with Gasteiger partial charge < -0.3 is 14.2 Å². The van der Waals surface area contributed by atoms with Crippen LogP contribution in [0.15, 0.2) is 72.9 Å². The fraction of sp³-hybridized carbons (Fsp3) is 0.762. The van der Waals surface area contributed by atoms with E-state index in [4.69, 9.17) is 14.2 Å². The average Bonchev–Trinajstić information content (AvgIpc) is 3.35. The maximum atomic E-state index is 12.9. The molecule has 0 aliphatic rings. The summed E-state index contributed by atoms with van der Waals surface area (Å²) in [5.41, 5.74) is 0. The molecule has 0 saturated carbocycles. The smallest absolute Gasteiger partial charge is 0.306 e. The van der Waals surface area contributed by atoms with Gasteiger partial charge in [-0.1, -0.05) is 273 Å². The van der Waals surface area contributed by atoms with Crippen LogP contribution in [0.5, 0.6) is 0 Å². The van der Waals surface area contributed by atoms with Crippen molar-refractivity contribution < 1.29 is 28.6 Å². The molecule has 69 heavy (non-hydrogen) atoms. The van der Waals surface area contributed by atoms with Gasteiger partial charge in [0.15, 0.2) is 6.10 Å². The van der Waals surface area contributed by atoms with E-state index in [9.17, 15) is 14.4 Å². The second-order valence-corrected chi connectivity index (χ2v) is 19.5. The first kappa shape index (κ1) is 65.8. The highest BCUT2D eigenvalue weighted by molar-refractivity contribution is 5.71. The van der Waals surface area contributed by atoms with E-state index in [1.807, 2.05) is 0 Å². The van der Waals surface area contributed by atoms with E-state index in [1.54, 1.807) is 0 Å². The highest BCUT2D eigenvalue weighted by atomic mass is 16.6. The Morgan fingerprint density at radius 2 is 0.565 bits per heavy atom. The normalized spacial score (nSPS) is 12.6. The van der Waals surface area contributed by atoms with Gasteiger partial charge in [-0.2, -0.15) is 0 Å². The zero-order valence-electron chi connectivity index (χ0n) is 45.6. The molecular formula is C63H110O6. The van der Waals surface area contributed by atoms with Gasteiger partial charge >= 0.3 is 17.9 Å². The summed E-state index contributed by atoms with van der Waals surface area (Å²) >= 11 is 0. The van der Waals surface area contributed by atoms with Crippen LogP contribution < -0.4 is 0 Å². The number of allylic oxidation sites excluding steroid dienone is 12. The largest absolute Gasteiger partial charge is 0.462 e. The summed E-state index contributed by atoms with van der Waals surface area (Å²) < 4.78 is 16.9. The van der Waals surface area contributed by atoms with Crippen LogP contribution in [0.2, 0.25) is 0 Å². The minimum Gasteiger partial charge on any atom is -0.462 e. The van der Waals surface area contributed by atoms with Gasteiger partial charge in [-0.3, -0.25) is 14.4 Å².